The quantitative estimate of drug-likeness (QED) is 0.497. The van der Waals surface area contributed by atoms with Gasteiger partial charge in [0, 0.05) is 23.3 Å². The largest absolute Gasteiger partial charge is 0.364 e. The number of rotatable bonds is 6. The minimum absolute atomic E-state index is 0.0193. The zero-order chi connectivity index (χ0) is 12.3. The molecule has 92 valence electrons. The van der Waals surface area contributed by atoms with Crippen LogP contribution in [-0.4, -0.2) is 16.5 Å². The second-order valence-corrected chi connectivity index (χ2v) is 5.21. The number of nitrogens with one attached hydrogen (secondary N) is 1. The van der Waals surface area contributed by atoms with Crippen molar-refractivity contribution in [1.82, 2.24) is 4.98 Å². The van der Waals surface area contributed by atoms with Gasteiger partial charge < -0.3 is 5.32 Å². The lowest BCUT2D eigenvalue weighted by Crippen LogP contribution is -2.06. The molecule has 0 bridgehead atoms. The third-order valence-electron chi connectivity index (χ3n) is 2.81. The summed E-state index contributed by atoms with van der Waals surface area (Å²) in [7, 11) is 0. The van der Waals surface area contributed by atoms with Crippen LogP contribution in [0.4, 0.5) is 11.5 Å². The summed E-state index contributed by atoms with van der Waals surface area (Å²) >= 11 is 3.18. The molecule has 0 spiro atoms. The first-order valence-corrected chi connectivity index (χ1v) is 6.50. The third kappa shape index (κ3) is 3.66. The molecule has 1 fully saturated rings. The average Bonchev–Trinajstić information content (AvgIpc) is 3.09. The van der Waals surface area contributed by atoms with Gasteiger partial charge >= 0.3 is 5.69 Å². The molecule has 0 unspecified atom stereocenters. The molecule has 0 atom stereocenters. The first-order valence-electron chi connectivity index (χ1n) is 5.70. The van der Waals surface area contributed by atoms with E-state index in [9.17, 15) is 10.1 Å². The summed E-state index contributed by atoms with van der Waals surface area (Å²) < 4.78 is 0.618. The molecule has 1 aromatic heterocycles. The molecule has 0 aliphatic heterocycles. The molecule has 6 heteroatoms. The highest BCUT2D eigenvalue weighted by Gasteiger charge is 2.20. The van der Waals surface area contributed by atoms with Crippen molar-refractivity contribution in [3.8, 4) is 0 Å². The van der Waals surface area contributed by atoms with E-state index in [1.165, 1.54) is 25.3 Å². The molecule has 1 heterocycles. The highest BCUT2D eigenvalue weighted by Crippen LogP contribution is 2.33. The molecule has 0 saturated heterocycles. The Bertz CT molecular complexity index is 421. The number of pyridine rings is 1. The van der Waals surface area contributed by atoms with Crippen molar-refractivity contribution in [2.45, 2.75) is 25.7 Å². The minimum Gasteiger partial charge on any atom is -0.364 e. The van der Waals surface area contributed by atoms with E-state index in [-0.39, 0.29) is 5.69 Å². The molecule has 1 N–H and O–H groups in total. The van der Waals surface area contributed by atoms with Crippen LogP contribution >= 0.6 is 15.9 Å². The van der Waals surface area contributed by atoms with E-state index < -0.39 is 4.92 Å². The monoisotopic (exact) mass is 299 g/mol. The van der Waals surface area contributed by atoms with Crippen molar-refractivity contribution in [1.29, 1.82) is 0 Å². The smallest absolute Gasteiger partial charge is 0.312 e. The third-order valence-corrected chi connectivity index (χ3v) is 3.24. The number of hydrogen-bond donors (Lipinski definition) is 1. The number of nitrogens with zero attached hydrogens (tertiary/aromatic N) is 2. The fraction of sp³-hybridized carbons (Fsp3) is 0.545. The lowest BCUT2D eigenvalue weighted by atomic mass is 10.2. The zero-order valence-corrected chi connectivity index (χ0v) is 10.9. The second-order valence-electron chi connectivity index (χ2n) is 4.29. The van der Waals surface area contributed by atoms with Crippen LogP contribution in [0.5, 0.6) is 0 Å². The van der Waals surface area contributed by atoms with Crippen molar-refractivity contribution in [3.05, 3.63) is 26.9 Å². The Kier molecular flexibility index (Phi) is 3.93. The van der Waals surface area contributed by atoms with Gasteiger partial charge in [0.2, 0.25) is 5.82 Å². The lowest BCUT2D eigenvalue weighted by molar-refractivity contribution is -0.384. The molecule has 2 rings (SSSR count). The zero-order valence-electron chi connectivity index (χ0n) is 9.36. The normalized spacial score (nSPS) is 14.6. The average molecular weight is 300 g/mol. The molecule has 0 radical (unpaired) electrons. The predicted octanol–water partition coefficient (Wildman–Crippen LogP) is 3.35. The maximum atomic E-state index is 10.8. The first-order chi connectivity index (χ1) is 8.16. The Morgan fingerprint density at radius 2 is 2.35 bits per heavy atom. The molecule has 1 aliphatic rings. The summed E-state index contributed by atoms with van der Waals surface area (Å²) in [5.41, 5.74) is 0.0193. The lowest BCUT2D eigenvalue weighted by Gasteiger charge is -2.05. The standard InChI is InChI=1S/C11H14BrN3O2/c12-9-6-10(15(16)17)11(14-7-9)13-5-1-2-8-3-4-8/h6-8H,1-5H2,(H,13,14). The van der Waals surface area contributed by atoms with Crippen LogP contribution in [0.2, 0.25) is 0 Å². The van der Waals surface area contributed by atoms with Crippen LogP contribution in [0.3, 0.4) is 0 Å². The number of hydrogen-bond acceptors (Lipinski definition) is 4. The van der Waals surface area contributed by atoms with Gasteiger partial charge in [0.15, 0.2) is 0 Å². The van der Waals surface area contributed by atoms with Crippen LogP contribution in [0.25, 0.3) is 0 Å². The molecule has 1 saturated carbocycles. The second kappa shape index (κ2) is 5.44. The van der Waals surface area contributed by atoms with Crippen molar-refractivity contribution in [2.24, 2.45) is 5.92 Å². The van der Waals surface area contributed by atoms with Gasteiger partial charge in [-0.2, -0.15) is 0 Å². The predicted molar refractivity (Wildman–Crippen MR) is 69.0 cm³/mol. The maximum Gasteiger partial charge on any atom is 0.312 e. The van der Waals surface area contributed by atoms with E-state index in [1.54, 1.807) is 6.20 Å². The molecule has 0 amide bonds. The molecule has 5 nitrogen and oxygen atoms in total. The van der Waals surface area contributed by atoms with E-state index in [2.05, 4.69) is 26.2 Å². The fourth-order valence-electron chi connectivity index (χ4n) is 1.71. The Morgan fingerprint density at radius 3 is 3.00 bits per heavy atom. The molecule has 1 aliphatic carbocycles. The molecule has 1 aromatic rings. The Hall–Kier alpha value is -1.17. The van der Waals surface area contributed by atoms with Gasteiger partial charge in [-0.1, -0.05) is 12.8 Å². The summed E-state index contributed by atoms with van der Waals surface area (Å²) in [6.45, 7) is 0.742. The van der Waals surface area contributed by atoms with E-state index in [0.717, 1.165) is 18.9 Å². The summed E-state index contributed by atoms with van der Waals surface area (Å²) in [5.74, 6) is 1.25. The molecular weight excluding hydrogens is 286 g/mol. The number of nitro groups is 1. The van der Waals surface area contributed by atoms with Gasteiger partial charge in [0.05, 0.1) is 4.92 Å². The number of anilines is 1. The van der Waals surface area contributed by atoms with Gasteiger partial charge in [-0.25, -0.2) is 4.98 Å². The maximum absolute atomic E-state index is 10.8. The number of halogens is 1. The van der Waals surface area contributed by atoms with Crippen LogP contribution in [-0.2, 0) is 0 Å². The van der Waals surface area contributed by atoms with E-state index in [1.807, 2.05) is 0 Å². The van der Waals surface area contributed by atoms with E-state index in [0.29, 0.717) is 10.3 Å². The Labute approximate surface area is 108 Å². The van der Waals surface area contributed by atoms with Gasteiger partial charge in [-0.15, -0.1) is 0 Å². The van der Waals surface area contributed by atoms with E-state index in [4.69, 9.17) is 0 Å². The van der Waals surface area contributed by atoms with Crippen molar-refractivity contribution in [3.63, 3.8) is 0 Å². The van der Waals surface area contributed by atoms with Crippen molar-refractivity contribution < 1.29 is 4.92 Å². The molecular formula is C11H14BrN3O2. The van der Waals surface area contributed by atoms with Gasteiger partial charge in [-0.05, 0) is 34.7 Å². The molecule has 17 heavy (non-hydrogen) atoms. The molecule has 0 aromatic carbocycles. The topological polar surface area (TPSA) is 68.1 Å². The van der Waals surface area contributed by atoms with Crippen LogP contribution < -0.4 is 5.32 Å². The summed E-state index contributed by atoms with van der Waals surface area (Å²) in [6.07, 6.45) is 6.50. The van der Waals surface area contributed by atoms with Crippen molar-refractivity contribution in [2.75, 3.05) is 11.9 Å². The minimum atomic E-state index is -0.416. The SMILES string of the molecule is O=[N+]([O-])c1cc(Br)cnc1NCCCC1CC1. The van der Waals surface area contributed by atoms with Gasteiger partial charge in [-0.3, -0.25) is 10.1 Å². The summed E-state index contributed by atoms with van der Waals surface area (Å²) in [4.78, 5) is 14.4. The highest BCUT2D eigenvalue weighted by atomic mass is 79.9. The van der Waals surface area contributed by atoms with Gasteiger partial charge in [0.1, 0.15) is 0 Å². The Morgan fingerprint density at radius 1 is 1.59 bits per heavy atom. The van der Waals surface area contributed by atoms with Crippen LogP contribution in [0, 0.1) is 16.0 Å². The van der Waals surface area contributed by atoms with Crippen molar-refractivity contribution >= 4 is 27.4 Å². The van der Waals surface area contributed by atoms with Gasteiger partial charge in [0.25, 0.3) is 0 Å². The van der Waals surface area contributed by atoms with Crippen LogP contribution in [0.15, 0.2) is 16.7 Å². The fourth-order valence-corrected chi connectivity index (χ4v) is 2.03. The summed E-state index contributed by atoms with van der Waals surface area (Å²) in [5, 5.41) is 13.9. The number of aromatic nitrogens is 1. The summed E-state index contributed by atoms with van der Waals surface area (Å²) in [6, 6.07) is 1.47. The first kappa shape index (κ1) is 12.3. The van der Waals surface area contributed by atoms with Crippen LogP contribution in [0.1, 0.15) is 25.7 Å². The Balaban J connectivity index is 1.91. The highest BCUT2D eigenvalue weighted by molar-refractivity contribution is 9.10. The van der Waals surface area contributed by atoms with E-state index >= 15 is 0 Å².